The molecule has 1 heterocycles. The summed E-state index contributed by atoms with van der Waals surface area (Å²) < 4.78 is 37.5. The number of para-hydroxylation sites is 1. The Bertz CT molecular complexity index is 518. The zero-order valence-corrected chi connectivity index (χ0v) is 9.46. The van der Waals surface area contributed by atoms with Crippen molar-refractivity contribution in [1.29, 1.82) is 0 Å². The average molecular weight is 298 g/mol. The highest BCUT2D eigenvalue weighted by atomic mass is 79.9. The van der Waals surface area contributed by atoms with Gasteiger partial charge in [-0.1, -0.05) is 23.7 Å². The van der Waals surface area contributed by atoms with E-state index in [0.29, 0.717) is 10.9 Å². The molecule has 0 spiro atoms. The van der Waals surface area contributed by atoms with Gasteiger partial charge in [0.2, 0.25) is 0 Å². The van der Waals surface area contributed by atoms with Gasteiger partial charge in [-0.15, -0.1) is 0 Å². The number of hydrogen-bond acceptors (Lipinski definition) is 0. The molecule has 0 aliphatic rings. The first-order valence-electron chi connectivity index (χ1n) is 3.94. The molecule has 0 bridgehead atoms. The Morgan fingerprint density at radius 2 is 1.93 bits per heavy atom. The van der Waals surface area contributed by atoms with Gasteiger partial charge in [-0.25, -0.2) is 0 Å². The van der Waals surface area contributed by atoms with Gasteiger partial charge in [0.1, 0.15) is 5.69 Å². The molecule has 15 heavy (non-hydrogen) atoms. The van der Waals surface area contributed by atoms with Crippen LogP contribution in [0.3, 0.4) is 0 Å². The summed E-state index contributed by atoms with van der Waals surface area (Å²) in [6.45, 7) is 0. The van der Waals surface area contributed by atoms with Crippen molar-refractivity contribution >= 4 is 38.4 Å². The highest BCUT2D eigenvalue weighted by Gasteiger charge is 2.36. The molecule has 0 saturated carbocycles. The van der Waals surface area contributed by atoms with Crippen molar-refractivity contribution in [3.05, 3.63) is 33.4 Å². The van der Waals surface area contributed by atoms with Crippen LogP contribution in [-0.4, -0.2) is 4.98 Å². The van der Waals surface area contributed by atoms with Crippen molar-refractivity contribution in [3.8, 4) is 0 Å². The van der Waals surface area contributed by atoms with Crippen LogP contribution in [0.5, 0.6) is 0 Å². The zero-order valence-electron chi connectivity index (χ0n) is 7.12. The lowest BCUT2D eigenvalue weighted by molar-refractivity contribution is -0.141. The summed E-state index contributed by atoms with van der Waals surface area (Å²) in [5, 5.41) is 0.693. The van der Waals surface area contributed by atoms with Crippen molar-refractivity contribution < 1.29 is 13.2 Å². The minimum Gasteiger partial charge on any atom is -0.349 e. The predicted molar refractivity (Wildman–Crippen MR) is 56.0 cm³/mol. The van der Waals surface area contributed by atoms with Crippen LogP contribution < -0.4 is 0 Å². The molecular weight excluding hydrogens is 294 g/mol. The van der Waals surface area contributed by atoms with Gasteiger partial charge in [-0.05, 0) is 22.0 Å². The van der Waals surface area contributed by atoms with Gasteiger partial charge >= 0.3 is 6.18 Å². The summed E-state index contributed by atoms with van der Waals surface area (Å²) in [4.78, 5) is 2.27. The third kappa shape index (κ3) is 1.74. The standard InChI is InChI=1S/C9H4BrClF3N/c10-6-4-2-1-3-5(11)7(4)15-8(6)9(12,13)14/h1-3,15H. The highest BCUT2D eigenvalue weighted by Crippen LogP contribution is 2.40. The number of H-pyrrole nitrogens is 1. The van der Waals surface area contributed by atoms with E-state index in [4.69, 9.17) is 11.6 Å². The fourth-order valence-electron chi connectivity index (χ4n) is 1.34. The number of fused-ring (bicyclic) bond motifs is 1. The van der Waals surface area contributed by atoms with Crippen LogP contribution in [0.2, 0.25) is 5.02 Å². The van der Waals surface area contributed by atoms with Gasteiger partial charge in [-0.3, -0.25) is 0 Å². The number of halogens is 5. The Kier molecular flexibility index (Phi) is 2.47. The maximum atomic E-state index is 12.5. The number of hydrogen-bond donors (Lipinski definition) is 1. The molecule has 6 heteroatoms. The van der Waals surface area contributed by atoms with Gasteiger partial charge in [0.05, 0.1) is 15.0 Å². The molecule has 1 aromatic heterocycles. The van der Waals surface area contributed by atoms with Crippen LogP contribution in [0.1, 0.15) is 5.69 Å². The Labute approximate surface area is 96.4 Å². The van der Waals surface area contributed by atoms with Crippen LogP contribution in [0.25, 0.3) is 10.9 Å². The Morgan fingerprint density at radius 1 is 1.27 bits per heavy atom. The van der Waals surface area contributed by atoms with Gasteiger partial charge in [0.15, 0.2) is 0 Å². The maximum absolute atomic E-state index is 12.5. The number of benzene rings is 1. The smallest absolute Gasteiger partial charge is 0.349 e. The summed E-state index contributed by atoms with van der Waals surface area (Å²) in [6.07, 6.45) is -4.42. The summed E-state index contributed by atoms with van der Waals surface area (Å²) in [5.74, 6) is 0. The molecule has 80 valence electrons. The lowest BCUT2D eigenvalue weighted by Crippen LogP contribution is -2.05. The van der Waals surface area contributed by atoms with Crippen LogP contribution in [0, 0.1) is 0 Å². The van der Waals surface area contributed by atoms with Gasteiger partial charge < -0.3 is 4.98 Å². The number of aromatic amines is 1. The summed E-state index contributed by atoms with van der Waals surface area (Å²) in [6, 6.07) is 4.70. The molecule has 2 aromatic rings. The highest BCUT2D eigenvalue weighted by molar-refractivity contribution is 9.10. The van der Waals surface area contributed by atoms with E-state index >= 15 is 0 Å². The molecular formula is C9H4BrClF3N. The first kappa shape index (κ1) is 10.8. The summed E-state index contributed by atoms with van der Waals surface area (Å²) >= 11 is 8.68. The van der Waals surface area contributed by atoms with E-state index in [-0.39, 0.29) is 9.50 Å². The van der Waals surface area contributed by atoms with E-state index in [9.17, 15) is 13.2 Å². The second-order valence-corrected chi connectivity index (χ2v) is 4.17. The van der Waals surface area contributed by atoms with E-state index in [1.807, 2.05) is 0 Å². The molecule has 0 atom stereocenters. The molecule has 0 fully saturated rings. The molecule has 0 unspecified atom stereocenters. The third-order valence-electron chi connectivity index (χ3n) is 2.00. The minimum atomic E-state index is -4.42. The third-order valence-corrected chi connectivity index (χ3v) is 3.14. The monoisotopic (exact) mass is 297 g/mol. The number of aromatic nitrogens is 1. The van der Waals surface area contributed by atoms with Crippen LogP contribution in [0.15, 0.2) is 22.7 Å². The van der Waals surface area contributed by atoms with E-state index in [2.05, 4.69) is 20.9 Å². The largest absolute Gasteiger partial charge is 0.432 e. The SMILES string of the molecule is FC(F)(F)c1[nH]c2c(Cl)cccc2c1Br. The van der Waals surface area contributed by atoms with E-state index < -0.39 is 11.9 Å². The molecule has 1 N–H and O–H groups in total. The summed E-state index contributed by atoms with van der Waals surface area (Å²) in [7, 11) is 0. The van der Waals surface area contributed by atoms with Crippen molar-refractivity contribution in [2.24, 2.45) is 0 Å². The van der Waals surface area contributed by atoms with E-state index in [1.54, 1.807) is 12.1 Å². The zero-order chi connectivity index (χ0) is 11.2. The number of rotatable bonds is 0. The first-order chi connectivity index (χ1) is 6.91. The fourth-order valence-corrected chi connectivity index (χ4v) is 2.22. The number of nitrogens with one attached hydrogen (secondary N) is 1. The molecule has 0 amide bonds. The van der Waals surface area contributed by atoms with Gasteiger partial charge in [-0.2, -0.15) is 13.2 Å². The van der Waals surface area contributed by atoms with Crippen molar-refractivity contribution in [1.82, 2.24) is 4.98 Å². The average Bonchev–Trinajstić information content (AvgIpc) is 2.45. The molecule has 0 aliphatic carbocycles. The topological polar surface area (TPSA) is 15.8 Å². The van der Waals surface area contributed by atoms with E-state index in [1.165, 1.54) is 6.07 Å². The Morgan fingerprint density at radius 3 is 2.47 bits per heavy atom. The Hall–Kier alpha value is -0.680. The lowest BCUT2D eigenvalue weighted by atomic mass is 10.2. The Balaban J connectivity index is 2.81. The van der Waals surface area contributed by atoms with E-state index in [0.717, 1.165) is 0 Å². The molecule has 1 nitrogen and oxygen atoms in total. The quantitative estimate of drug-likeness (QED) is 0.731. The maximum Gasteiger partial charge on any atom is 0.432 e. The van der Waals surface area contributed by atoms with Gasteiger partial charge in [0, 0.05) is 5.39 Å². The molecule has 0 aliphatic heterocycles. The van der Waals surface area contributed by atoms with Crippen molar-refractivity contribution in [2.75, 3.05) is 0 Å². The lowest BCUT2D eigenvalue weighted by Gasteiger charge is -2.03. The minimum absolute atomic E-state index is 0.00694. The van der Waals surface area contributed by atoms with Crippen molar-refractivity contribution in [3.63, 3.8) is 0 Å². The molecule has 0 saturated heterocycles. The normalized spacial score (nSPS) is 12.3. The first-order valence-corrected chi connectivity index (χ1v) is 5.11. The molecule has 1 aromatic carbocycles. The predicted octanol–water partition coefficient (Wildman–Crippen LogP) is 4.60. The van der Waals surface area contributed by atoms with Crippen LogP contribution in [0.4, 0.5) is 13.2 Å². The van der Waals surface area contributed by atoms with Crippen LogP contribution in [-0.2, 0) is 6.18 Å². The molecule has 0 radical (unpaired) electrons. The second-order valence-electron chi connectivity index (χ2n) is 2.97. The second kappa shape index (κ2) is 3.42. The van der Waals surface area contributed by atoms with Crippen molar-refractivity contribution in [2.45, 2.75) is 6.18 Å². The molecule has 2 rings (SSSR count). The summed E-state index contributed by atoms with van der Waals surface area (Å²) in [5.41, 5.74) is -0.524. The van der Waals surface area contributed by atoms with Gasteiger partial charge in [0.25, 0.3) is 0 Å². The van der Waals surface area contributed by atoms with Crippen LogP contribution >= 0.6 is 27.5 Å². The fraction of sp³-hybridized carbons (Fsp3) is 0.111. The number of alkyl halides is 3.